The Balaban J connectivity index is 1.42. The first kappa shape index (κ1) is 40.2. The van der Waals surface area contributed by atoms with Crippen molar-refractivity contribution >= 4 is 46.3 Å². The normalized spacial score (nSPS) is 12.8. The minimum atomic E-state index is -1.53. The fraction of sp³-hybridized carbons (Fsp3) is 0.164. The van der Waals surface area contributed by atoms with Gasteiger partial charge in [0, 0.05) is 76.5 Å². The predicted molar refractivity (Wildman–Crippen MR) is 260 cm³/mol. The van der Waals surface area contributed by atoms with Crippen LogP contribution < -0.4 is 21.4 Å². The Kier molecular flexibility index (Phi) is 10.3. The van der Waals surface area contributed by atoms with Crippen molar-refractivity contribution in [3.63, 3.8) is 0 Å². The quantitative estimate of drug-likeness (QED) is 0.101. The molecule has 8 aromatic rings. The second-order valence-electron chi connectivity index (χ2n) is 17.8. The molecule has 5 heterocycles. The highest BCUT2D eigenvalue weighted by molar-refractivity contribution is 9.10. The lowest BCUT2D eigenvalue weighted by molar-refractivity contribution is 1.17. The van der Waals surface area contributed by atoms with E-state index in [0.717, 1.165) is 87.6 Å². The zero-order valence-electron chi connectivity index (χ0n) is 36.4. The third-order valence-electron chi connectivity index (χ3n) is 11.6. The van der Waals surface area contributed by atoms with E-state index >= 15 is 0 Å². The van der Waals surface area contributed by atoms with Gasteiger partial charge in [-0.1, -0.05) is 101 Å². The van der Waals surface area contributed by atoms with E-state index in [1.165, 1.54) is 44.5 Å². The monoisotopic (exact) mass is 874 g/mol. The fourth-order valence-corrected chi connectivity index (χ4v) is 10.0. The lowest BCUT2D eigenvalue weighted by Gasteiger charge is -2.15. The molecule has 9 rings (SSSR count). The second-order valence-corrected chi connectivity index (χ2v) is 23.4. The Morgan fingerprint density at radius 2 is 0.754 bits per heavy atom. The minimum Gasteiger partial charge on any atom is -0.354 e. The van der Waals surface area contributed by atoms with Crippen LogP contribution in [0.5, 0.6) is 0 Å². The molecule has 0 aliphatic carbocycles. The first-order valence-electron chi connectivity index (χ1n) is 21.0. The zero-order valence-corrected chi connectivity index (χ0v) is 39.0. The molecule has 0 saturated heterocycles. The van der Waals surface area contributed by atoms with E-state index in [0.29, 0.717) is 0 Å². The molecule has 0 fully saturated rings. The highest BCUT2D eigenvalue weighted by Gasteiger charge is 2.21. The van der Waals surface area contributed by atoms with E-state index in [2.05, 4.69) is 230 Å². The SMILES string of the molecule is Cc1cc(C)c(C2=c3ccc([nH]3)=C(c3ccc(Br)cc3)c3ccc([nH]3)C(c3c(C)cc(C)cc3C)=c3ccc([nH]3)=C(c3ccc(C#C[Si](C)(C)C)cc3)c3ccc2[nH]3)c(C)c1. The number of hydrogen-bond acceptors (Lipinski definition) is 0. The predicted octanol–water partition coefficient (Wildman–Crippen LogP) is 10.1. The molecule has 6 heteroatoms. The summed E-state index contributed by atoms with van der Waals surface area (Å²) in [5, 5.41) is 4.13. The number of aryl methyl sites for hydroxylation is 6. The van der Waals surface area contributed by atoms with Crippen LogP contribution in [0.2, 0.25) is 19.6 Å². The lowest BCUT2D eigenvalue weighted by Crippen LogP contribution is -2.20. The van der Waals surface area contributed by atoms with Gasteiger partial charge in [0.2, 0.25) is 0 Å². The third kappa shape index (κ3) is 7.81. The highest BCUT2D eigenvalue weighted by Crippen LogP contribution is 2.32. The van der Waals surface area contributed by atoms with E-state index in [1.54, 1.807) is 0 Å². The van der Waals surface area contributed by atoms with Crippen molar-refractivity contribution in [2.24, 2.45) is 0 Å². The molecule has 0 atom stereocenters. The Morgan fingerprint density at radius 1 is 0.410 bits per heavy atom. The largest absolute Gasteiger partial charge is 0.354 e. The van der Waals surface area contributed by atoms with Crippen LogP contribution in [0.4, 0.5) is 0 Å². The van der Waals surface area contributed by atoms with Gasteiger partial charge >= 0.3 is 0 Å². The molecule has 1 aliphatic rings. The van der Waals surface area contributed by atoms with Crippen molar-refractivity contribution in [2.45, 2.75) is 61.2 Å². The van der Waals surface area contributed by atoms with Gasteiger partial charge in [0.05, 0.1) is 0 Å². The lowest BCUT2D eigenvalue weighted by atomic mass is 9.92. The zero-order chi connectivity index (χ0) is 42.7. The summed E-state index contributed by atoms with van der Waals surface area (Å²) in [6.45, 7) is 20.1. The number of aromatic nitrogens is 4. The summed E-state index contributed by atoms with van der Waals surface area (Å²) in [5.41, 5.74) is 25.3. The summed E-state index contributed by atoms with van der Waals surface area (Å²) < 4.78 is 1.04. The Labute approximate surface area is 368 Å². The maximum absolute atomic E-state index is 3.97. The third-order valence-corrected chi connectivity index (χ3v) is 13.0. The molecule has 4 aromatic carbocycles. The van der Waals surface area contributed by atoms with Gasteiger partial charge in [-0.3, -0.25) is 0 Å². The standard InChI is InChI=1S/C55H51BrN4Si/c1-32-28-34(3)50(35(4)29-32)54-46-22-18-42(57-46)52(39-12-10-38(11-13-39)26-27-61(7,8)9)43-19-23-47(58-43)55(51-36(5)30-33(2)31-37(51)6)49-25-21-45(60-49)53(44-20-24-48(54)59-44)40-14-16-41(56)17-15-40/h10-25,28-31,57-60H,1-9H3. The van der Waals surface area contributed by atoms with Crippen LogP contribution in [0, 0.1) is 53.0 Å². The summed E-state index contributed by atoms with van der Waals surface area (Å²) in [6.07, 6.45) is 0. The Bertz CT molecular complexity index is 3300. The van der Waals surface area contributed by atoms with Crippen molar-refractivity contribution in [1.29, 1.82) is 0 Å². The van der Waals surface area contributed by atoms with Crippen LogP contribution in [-0.2, 0) is 0 Å². The topological polar surface area (TPSA) is 63.2 Å². The van der Waals surface area contributed by atoms with Crippen molar-refractivity contribution < 1.29 is 0 Å². The van der Waals surface area contributed by atoms with Crippen LogP contribution in [0.1, 0.15) is 84.0 Å². The smallest absolute Gasteiger partial charge is 0.129 e. The highest BCUT2D eigenvalue weighted by atomic mass is 79.9. The molecule has 0 unspecified atom stereocenters. The summed E-state index contributed by atoms with van der Waals surface area (Å²) in [5.74, 6) is 3.46. The first-order valence-corrected chi connectivity index (χ1v) is 25.3. The minimum absolute atomic E-state index is 1.02. The molecule has 302 valence electrons. The van der Waals surface area contributed by atoms with Gasteiger partial charge in [0.15, 0.2) is 0 Å². The molecule has 0 saturated carbocycles. The van der Waals surface area contributed by atoms with Gasteiger partial charge in [0.25, 0.3) is 0 Å². The molecule has 4 N–H and O–H groups in total. The van der Waals surface area contributed by atoms with Gasteiger partial charge < -0.3 is 19.9 Å². The Morgan fingerprint density at radius 3 is 1.13 bits per heavy atom. The average Bonchev–Trinajstić information content (AvgIpc) is 4.04. The number of nitrogens with one attached hydrogen (secondary N) is 4. The van der Waals surface area contributed by atoms with Gasteiger partial charge in [-0.15, -0.1) is 5.54 Å². The van der Waals surface area contributed by atoms with E-state index < -0.39 is 8.07 Å². The maximum Gasteiger partial charge on any atom is 0.129 e. The van der Waals surface area contributed by atoms with E-state index in [9.17, 15) is 0 Å². The van der Waals surface area contributed by atoms with Crippen molar-refractivity contribution in [2.75, 3.05) is 0 Å². The summed E-state index contributed by atoms with van der Waals surface area (Å²) >= 11 is 3.69. The van der Waals surface area contributed by atoms with Crippen LogP contribution in [-0.4, -0.2) is 28.0 Å². The molecule has 1 aliphatic heterocycles. The molecular weight excluding hydrogens is 825 g/mol. The molecule has 4 aromatic heterocycles. The molecule has 61 heavy (non-hydrogen) atoms. The number of aromatic amines is 4. The van der Waals surface area contributed by atoms with E-state index in [4.69, 9.17) is 0 Å². The number of rotatable bonds is 4. The van der Waals surface area contributed by atoms with Gasteiger partial charge in [-0.25, -0.2) is 0 Å². The van der Waals surface area contributed by atoms with Gasteiger partial charge in [-0.2, -0.15) is 0 Å². The van der Waals surface area contributed by atoms with Crippen molar-refractivity contribution in [3.05, 3.63) is 231 Å². The maximum atomic E-state index is 3.97. The first-order chi connectivity index (χ1) is 29.2. The van der Waals surface area contributed by atoms with Crippen molar-refractivity contribution in [3.8, 4) is 11.5 Å². The van der Waals surface area contributed by atoms with E-state index in [1.807, 2.05) is 0 Å². The summed E-state index contributed by atoms with van der Waals surface area (Å²) in [6, 6.07) is 44.4. The molecule has 8 bridgehead atoms. The van der Waals surface area contributed by atoms with Gasteiger partial charge in [-0.05, 0) is 159 Å². The Hall–Kier alpha value is -6.26. The molecular formula is C55H51BrN4Si. The summed E-state index contributed by atoms with van der Waals surface area (Å²) in [4.78, 5) is 15.9. The number of benzene rings is 4. The second kappa shape index (κ2) is 15.6. The van der Waals surface area contributed by atoms with Crippen molar-refractivity contribution in [1.82, 2.24) is 19.9 Å². The van der Waals surface area contributed by atoms with Crippen LogP contribution in [0.15, 0.2) is 126 Å². The number of halogens is 1. The average molecular weight is 876 g/mol. The number of hydrogen-bond donors (Lipinski definition) is 4. The summed E-state index contributed by atoms with van der Waals surface area (Å²) in [7, 11) is -1.53. The van der Waals surface area contributed by atoms with Crippen LogP contribution in [0.25, 0.3) is 22.3 Å². The number of H-pyrrole nitrogens is 4. The van der Waals surface area contributed by atoms with Crippen LogP contribution >= 0.6 is 15.9 Å². The van der Waals surface area contributed by atoms with E-state index in [-0.39, 0.29) is 0 Å². The molecule has 0 spiro atoms. The molecule has 4 nitrogen and oxygen atoms in total. The molecule has 0 radical (unpaired) electrons. The van der Waals surface area contributed by atoms with Crippen LogP contribution in [0.3, 0.4) is 0 Å². The van der Waals surface area contributed by atoms with Gasteiger partial charge in [0.1, 0.15) is 8.07 Å². The number of fused-ring (bicyclic) bond motifs is 8. The fourth-order valence-electron chi connectivity index (χ4n) is 9.23. The molecule has 0 amide bonds.